The van der Waals surface area contributed by atoms with Gasteiger partial charge in [0, 0.05) is 25.8 Å². The van der Waals surface area contributed by atoms with Crippen molar-refractivity contribution in [1.29, 1.82) is 0 Å². The monoisotopic (exact) mass is 318 g/mol. The highest BCUT2D eigenvalue weighted by molar-refractivity contribution is 7.89. The lowest BCUT2D eigenvalue weighted by Crippen LogP contribution is -2.30. The second kappa shape index (κ2) is 6.97. The minimum absolute atomic E-state index is 0.0445. The largest absolute Gasteiger partial charge is 0.380 e. The molecule has 0 heterocycles. The zero-order valence-electron chi connectivity index (χ0n) is 12.2. The molecule has 0 aliphatic carbocycles. The van der Waals surface area contributed by atoms with E-state index in [0.29, 0.717) is 19.8 Å². The third-order valence-corrected chi connectivity index (χ3v) is 3.81. The molecule has 2 N–H and O–H groups in total. The number of rotatable bonds is 6. The molecule has 0 aromatic heterocycles. The van der Waals surface area contributed by atoms with Crippen LogP contribution in [0.1, 0.15) is 22.8 Å². The average molecular weight is 318 g/mol. The van der Waals surface area contributed by atoms with Crippen molar-refractivity contribution in [2.24, 2.45) is 5.14 Å². The molecule has 0 aliphatic heterocycles. The van der Waals surface area contributed by atoms with E-state index < -0.39 is 26.6 Å². The number of hydrogen-bond donors (Lipinski definition) is 1. The predicted molar refractivity (Wildman–Crippen MR) is 76.0 cm³/mol. The Hall–Kier alpha value is -1.51. The molecule has 0 saturated carbocycles. The molecule has 6 nitrogen and oxygen atoms in total. The van der Waals surface area contributed by atoms with Gasteiger partial charge in [0.2, 0.25) is 10.0 Å². The zero-order chi connectivity index (χ0) is 16.2. The van der Waals surface area contributed by atoms with Gasteiger partial charge in [-0.1, -0.05) is 0 Å². The van der Waals surface area contributed by atoms with Crippen molar-refractivity contribution in [3.05, 3.63) is 29.1 Å². The summed E-state index contributed by atoms with van der Waals surface area (Å²) < 4.78 is 41.6. The van der Waals surface area contributed by atoms with Gasteiger partial charge in [0.25, 0.3) is 5.91 Å². The van der Waals surface area contributed by atoms with Crippen molar-refractivity contribution < 1.29 is 22.3 Å². The summed E-state index contributed by atoms with van der Waals surface area (Å²) in [6, 6.07) is 2.25. The number of hydrogen-bond acceptors (Lipinski definition) is 4. The maximum Gasteiger partial charge on any atom is 0.253 e. The van der Waals surface area contributed by atoms with Gasteiger partial charge in [-0.2, -0.15) is 0 Å². The Labute approximate surface area is 123 Å². The molecule has 8 heteroatoms. The summed E-state index contributed by atoms with van der Waals surface area (Å²) in [4.78, 5) is 12.9. The van der Waals surface area contributed by atoms with Gasteiger partial charge in [-0.3, -0.25) is 4.79 Å². The molecule has 1 aromatic rings. The van der Waals surface area contributed by atoms with Crippen molar-refractivity contribution in [1.82, 2.24) is 4.90 Å². The first kappa shape index (κ1) is 17.5. The van der Waals surface area contributed by atoms with Gasteiger partial charge in [-0.25, -0.2) is 17.9 Å². The lowest BCUT2D eigenvalue weighted by molar-refractivity contribution is 0.0709. The Bertz CT molecular complexity index is 631. The highest BCUT2D eigenvalue weighted by Crippen LogP contribution is 2.20. The summed E-state index contributed by atoms with van der Waals surface area (Å²) in [6.07, 6.45) is 0. The number of halogens is 1. The SMILES string of the molecule is CCOCCN(C)C(=O)c1cc(C)c(F)c(S(N)(=O)=O)c1. The van der Waals surface area contributed by atoms with Crippen LogP contribution in [0.5, 0.6) is 0 Å². The summed E-state index contributed by atoms with van der Waals surface area (Å²) in [6.45, 7) is 4.45. The standard InChI is InChI=1S/C13H19FN2O4S/c1-4-20-6-5-16(3)13(17)10-7-9(2)12(14)11(8-10)21(15,18)19/h7-8H,4-6H2,1-3H3,(H2,15,18,19). The summed E-state index contributed by atoms with van der Waals surface area (Å²) in [5, 5.41) is 4.96. The van der Waals surface area contributed by atoms with Crippen molar-refractivity contribution in [3.63, 3.8) is 0 Å². The van der Waals surface area contributed by atoms with Gasteiger partial charge in [0.05, 0.1) is 6.61 Å². The van der Waals surface area contributed by atoms with E-state index >= 15 is 0 Å². The molecule has 0 spiro atoms. The first-order chi connectivity index (χ1) is 9.68. The fourth-order valence-electron chi connectivity index (χ4n) is 1.74. The molecule has 0 saturated heterocycles. The Morgan fingerprint density at radius 1 is 1.43 bits per heavy atom. The molecule has 0 unspecified atom stereocenters. The van der Waals surface area contributed by atoms with E-state index in [2.05, 4.69) is 0 Å². The van der Waals surface area contributed by atoms with Gasteiger partial charge in [0.15, 0.2) is 0 Å². The molecule has 0 fully saturated rings. The number of sulfonamides is 1. The number of carbonyl (C=O) groups excluding carboxylic acids is 1. The number of likely N-dealkylation sites (N-methyl/N-ethyl adjacent to an activating group) is 1. The molecule has 0 bridgehead atoms. The Kier molecular flexibility index (Phi) is 5.82. The number of benzene rings is 1. The molecule has 1 rings (SSSR count). The van der Waals surface area contributed by atoms with Gasteiger partial charge in [-0.05, 0) is 31.5 Å². The molecule has 1 aromatic carbocycles. The zero-order valence-corrected chi connectivity index (χ0v) is 13.0. The van der Waals surface area contributed by atoms with E-state index in [0.717, 1.165) is 6.07 Å². The summed E-state index contributed by atoms with van der Waals surface area (Å²) in [5.41, 5.74) is 0.111. The van der Waals surface area contributed by atoms with Crippen LogP contribution in [0, 0.1) is 12.7 Å². The highest BCUT2D eigenvalue weighted by atomic mass is 32.2. The normalized spacial score (nSPS) is 11.5. The molecule has 21 heavy (non-hydrogen) atoms. The fraction of sp³-hybridized carbons (Fsp3) is 0.462. The van der Waals surface area contributed by atoms with E-state index in [1.807, 2.05) is 6.92 Å². The van der Waals surface area contributed by atoms with Crippen molar-refractivity contribution in [2.75, 3.05) is 26.8 Å². The van der Waals surface area contributed by atoms with Crippen LogP contribution in [0.15, 0.2) is 17.0 Å². The van der Waals surface area contributed by atoms with Gasteiger partial charge >= 0.3 is 0 Å². The van der Waals surface area contributed by atoms with Crippen LogP contribution in [-0.4, -0.2) is 46.0 Å². The summed E-state index contributed by atoms with van der Waals surface area (Å²) >= 11 is 0. The van der Waals surface area contributed by atoms with Crippen LogP contribution in [0.3, 0.4) is 0 Å². The Balaban J connectivity index is 3.09. The quantitative estimate of drug-likeness (QED) is 0.789. The Morgan fingerprint density at radius 3 is 2.57 bits per heavy atom. The smallest absolute Gasteiger partial charge is 0.253 e. The van der Waals surface area contributed by atoms with E-state index in [4.69, 9.17) is 9.88 Å². The van der Waals surface area contributed by atoms with Crippen LogP contribution in [0.25, 0.3) is 0 Å². The lowest BCUT2D eigenvalue weighted by Gasteiger charge is -2.18. The predicted octanol–water partition coefficient (Wildman–Crippen LogP) is 0.890. The van der Waals surface area contributed by atoms with Crippen molar-refractivity contribution in [2.45, 2.75) is 18.7 Å². The molecule has 118 valence electrons. The van der Waals surface area contributed by atoms with Crippen LogP contribution in [-0.2, 0) is 14.8 Å². The van der Waals surface area contributed by atoms with Crippen molar-refractivity contribution in [3.8, 4) is 0 Å². The van der Waals surface area contributed by atoms with E-state index in [-0.39, 0.29) is 11.1 Å². The number of nitrogens with two attached hydrogens (primary N) is 1. The molecular formula is C13H19FN2O4S. The van der Waals surface area contributed by atoms with Gasteiger partial charge < -0.3 is 9.64 Å². The molecular weight excluding hydrogens is 299 g/mol. The Morgan fingerprint density at radius 2 is 2.05 bits per heavy atom. The number of nitrogens with zero attached hydrogens (tertiary/aromatic N) is 1. The third-order valence-electron chi connectivity index (χ3n) is 2.90. The number of primary sulfonamides is 1. The lowest BCUT2D eigenvalue weighted by atomic mass is 10.1. The molecule has 1 amide bonds. The molecule has 0 radical (unpaired) electrons. The minimum atomic E-state index is -4.23. The summed E-state index contributed by atoms with van der Waals surface area (Å²) in [7, 11) is -2.68. The second-order valence-corrected chi connectivity index (χ2v) is 6.10. The number of amides is 1. The van der Waals surface area contributed by atoms with Crippen LogP contribution in [0.2, 0.25) is 0 Å². The van der Waals surface area contributed by atoms with Crippen molar-refractivity contribution >= 4 is 15.9 Å². The average Bonchev–Trinajstić information content (AvgIpc) is 2.39. The van der Waals surface area contributed by atoms with E-state index in [9.17, 15) is 17.6 Å². The van der Waals surface area contributed by atoms with E-state index in [1.54, 1.807) is 7.05 Å². The van der Waals surface area contributed by atoms with Crippen LogP contribution < -0.4 is 5.14 Å². The topological polar surface area (TPSA) is 89.7 Å². The number of ether oxygens (including phenoxy) is 1. The van der Waals surface area contributed by atoms with Crippen LogP contribution >= 0.6 is 0 Å². The number of carbonyl (C=O) groups is 1. The minimum Gasteiger partial charge on any atom is -0.380 e. The van der Waals surface area contributed by atoms with Gasteiger partial charge in [0.1, 0.15) is 10.7 Å². The maximum atomic E-state index is 13.8. The molecule has 0 aliphatic rings. The maximum absolute atomic E-state index is 13.8. The number of aryl methyl sites for hydroxylation is 1. The van der Waals surface area contributed by atoms with E-state index in [1.165, 1.54) is 17.9 Å². The summed E-state index contributed by atoms with van der Waals surface area (Å²) in [5.74, 6) is -1.37. The van der Waals surface area contributed by atoms with Crippen LogP contribution in [0.4, 0.5) is 4.39 Å². The first-order valence-electron chi connectivity index (χ1n) is 6.34. The third kappa shape index (κ3) is 4.48. The second-order valence-electron chi connectivity index (χ2n) is 4.57. The highest BCUT2D eigenvalue weighted by Gasteiger charge is 2.21. The first-order valence-corrected chi connectivity index (χ1v) is 7.89. The van der Waals surface area contributed by atoms with Gasteiger partial charge in [-0.15, -0.1) is 0 Å². The molecule has 0 atom stereocenters. The fourth-order valence-corrected chi connectivity index (χ4v) is 2.44.